The molecule has 0 heterocycles. The van der Waals surface area contributed by atoms with Gasteiger partial charge in [-0.1, -0.05) is 12.1 Å². The Hall–Kier alpha value is -2.57. The van der Waals surface area contributed by atoms with Gasteiger partial charge >= 0.3 is 6.36 Å². The highest BCUT2D eigenvalue weighted by Gasteiger charge is 2.32. The summed E-state index contributed by atoms with van der Waals surface area (Å²) in [6.45, 7) is 0.184. The molecule has 0 aliphatic heterocycles. The summed E-state index contributed by atoms with van der Waals surface area (Å²) in [5.74, 6) is 0.0337. The Labute approximate surface area is 131 Å². The van der Waals surface area contributed by atoms with E-state index in [4.69, 9.17) is 9.47 Å². The molecular weight excluding hydrogens is 313 g/mol. The zero-order valence-electron chi connectivity index (χ0n) is 12.2. The van der Waals surface area contributed by atoms with Gasteiger partial charge in [0.05, 0.1) is 13.7 Å². The first kappa shape index (κ1) is 16.8. The van der Waals surface area contributed by atoms with Crippen molar-refractivity contribution in [2.24, 2.45) is 0 Å². The maximum absolute atomic E-state index is 12.4. The minimum atomic E-state index is -4.79. The highest BCUT2D eigenvalue weighted by molar-refractivity contribution is 5.47. The molecule has 0 spiro atoms. The van der Waals surface area contributed by atoms with E-state index in [-0.39, 0.29) is 18.1 Å². The fourth-order valence-corrected chi connectivity index (χ4v) is 2.00. The van der Waals surface area contributed by atoms with Gasteiger partial charge in [-0.05, 0) is 24.3 Å². The molecule has 0 aliphatic carbocycles. The van der Waals surface area contributed by atoms with Gasteiger partial charge in [0.2, 0.25) is 0 Å². The number of phenols is 1. The molecular formula is C16H14F3O4. The van der Waals surface area contributed by atoms with Gasteiger partial charge in [0.15, 0.2) is 11.5 Å². The smallest absolute Gasteiger partial charge is 0.508 e. The Morgan fingerprint density at radius 3 is 2.65 bits per heavy atom. The third-order valence-electron chi connectivity index (χ3n) is 2.88. The molecule has 0 aliphatic rings. The number of phenolic OH excluding ortho intramolecular Hbond substituents is 1. The van der Waals surface area contributed by atoms with Gasteiger partial charge in [0.1, 0.15) is 11.5 Å². The second-order valence-electron chi connectivity index (χ2n) is 4.52. The largest absolute Gasteiger partial charge is 0.573 e. The van der Waals surface area contributed by atoms with Crippen LogP contribution in [0.25, 0.3) is 0 Å². The zero-order chi connectivity index (χ0) is 16.9. The van der Waals surface area contributed by atoms with Crippen LogP contribution in [0.4, 0.5) is 13.2 Å². The summed E-state index contributed by atoms with van der Waals surface area (Å²) >= 11 is 0. The predicted octanol–water partition coefficient (Wildman–Crippen LogP) is 3.72. The molecule has 2 aromatic carbocycles. The van der Waals surface area contributed by atoms with Crippen LogP contribution < -0.4 is 14.2 Å². The number of aromatic hydroxyl groups is 1. The number of benzene rings is 2. The maximum Gasteiger partial charge on any atom is 0.573 e. The quantitative estimate of drug-likeness (QED) is 0.878. The van der Waals surface area contributed by atoms with Crippen molar-refractivity contribution in [1.29, 1.82) is 0 Å². The molecule has 0 saturated heterocycles. The summed E-state index contributed by atoms with van der Waals surface area (Å²) in [6.07, 6.45) is -4.49. The minimum Gasteiger partial charge on any atom is -0.508 e. The van der Waals surface area contributed by atoms with Crippen molar-refractivity contribution in [2.75, 3.05) is 13.7 Å². The monoisotopic (exact) mass is 327 g/mol. The summed E-state index contributed by atoms with van der Waals surface area (Å²) in [6, 6.07) is 11.3. The summed E-state index contributed by atoms with van der Waals surface area (Å²) in [5, 5.41) is 9.30. The van der Waals surface area contributed by atoms with Crippen molar-refractivity contribution in [3.8, 4) is 23.0 Å². The molecule has 0 unspecified atom stereocenters. The van der Waals surface area contributed by atoms with E-state index in [1.54, 1.807) is 12.1 Å². The van der Waals surface area contributed by atoms with Gasteiger partial charge in [-0.3, -0.25) is 0 Å². The van der Waals surface area contributed by atoms with Gasteiger partial charge in [0, 0.05) is 18.1 Å². The summed E-state index contributed by atoms with van der Waals surface area (Å²) in [4.78, 5) is 0. The highest BCUT2D eigenvalue weighted by Crippen LogP contribution is 2.35. The van der Waals surface area contributed by atoms with Crippen LogP contribution in [0.3, 0.4) is 0 Å². The predicted molar refractivity (Wildman–Crippen MR) is 75.8 cm³/mol. The van der Waals surface area contributed by atoms with Gasteiger partial charge in [-0.25, -0.2) is 0 Å². The Kier molecular flexibility index (Phi) is 5.20. The fraction of sp³-hybridized carbons (Fsp3) is 0.250. The Bertz CT molecular complexity index is 656. The number of rotatable bonds is 6. The lowest BCUT2D eigenvalue weighted by molar-refractivity contribution is -0.275. The molecule has 4 nitrogen and oxygen atoms in total. The third-order valence-corrected chi connectivity index (χ3v) is 2.88. The number of methoxy groups -OCH3 is 1. The third kappa shape index (κ3) is 4.98. The standard InChI is InChI=1S/C16H14F3O4/c1-21-15-11(4-2-7-14(15)23-16(17,18)19)8-9-22-13-6-3-5-12(20)10-13/h2,4-7,10,20H,8-9H2,1H3. The average Bonchev–Trinajstić information content (AvgIpc) is 2.46. The van der Waals surface area contributed by atoms with E-state index in [1.807, 2.05) is 0 Å². The van der Waals surface area contributed by atoms with Gasteiger partial charge in [-0.2, -0.15) is 0 Å². The molecule has 7 heteroatoms. The molecule has 0 saturated carbocycles. The van der Waals surface area contributed by atoms with Crippen molar-refractivity contribution in [2.45, 2.75) is 12.8 Å². The summed E-state index contributed by atoms with van der Waals surface area (Å²) in [5.41, 5.74) is 0.512. The minimum absolute atomic E-state index is 0.0101. The van der Waals surface area contributed by atoms with Crippen LogP contribution in [-0.2, 0) is 6.42 Å². The SMILES string of the molecule is COc1c(CCOc2c[c]cc(O)c2)cccc1OC(F)(F)F. The second-order valence-corrected chi connectivity index (χ2v) is 4.52. The lowest BCUT2D eigenvalue weighted by atomic mass is 10.1. The molecule has 0 bridgehead atoms. The number of para-hydroxylation sites is 1. The molecule has 23 heavy (non-hydrogen) atoms. The molecule has 0 amide bonds. The van der Waals surface area contributed by atoms with Crippen LogP contribution in [0.1, 0.15) is 5.56 Å². The summed E-state index contributed by atoms with van der Waals surface area (Å²) < 4.78 is 51.5. The molecule has 2 aromatic rings. The van der Waals surface area contributed by atoms with Gasteiger partial charge in [0.25, 0.3) is 0 Å². The van der Waals surface area contributed by atoms with Crippen LogP contribution in [0, 0.1) is 6.07 Å². The number of hydrogen-bond donors (Lipinski definition) is 1. The van der Waals surface area contributed by atoms with Crippen molar-refractivity contribution >= 4 is 0 Å². The second kappa shape index (κ2) is 7.13. The van der Waals surface area contributed by atoms with E-state index in [1.165, 1.54) is 31.4 Å². The van der Waals surface area contributed by atoms with Crippen molar-refractivity contribution in [3.63, 3.8) is 0 Å². The van der Waals surface area contributed by atoms with E-state index in [0.717, 1.165) is 0 Å². The molecule has 2 rings (SSSR count). The number of halogens is 3. The Morgan fingerprint density at radius 2 is 2.00 bits per heavy atom. The van der Waals surface area contributed by atoms with Crippen LogP contribution >= 0.6 is 0 Å². The first-order valence-electron chi connectivity index (χ1n) is 6.63. The van der Waals surface area contributed by atoms with Gasteiger partial charge < -0.3 is 19.3 Å². The van der Waals surface area contributed by atoms with E-state index in [0.29, 0.717) is 17.7 Å². The number of ether oxygens (including phenoxy) is 3. The van der Waals surface area contributed by atoms with E-state index in [9.17, 15) is 18.3 Å². The Balaban J connectivity index is 2.06. The average molecular weight is 327 g/mol. The normalized spacial score (nSPS) is 11.1. The fourth-order valence-electron chi connectivity index (χ4n) is 2.00. The van der Waals surface area contributed by atoms with E-state index in [2.05, 4.69) is 10.8 Å². The topological polar surface area (TPSA) is 47.9 Å². The zero-order valence-corrected chi connectivity index (χ0v) is 12.2. The van der Waals surface area contributed by atoms with Crippen LogP contribution in [0.5, 0.6) is 23.0 Å². The molecule has 0 atom stereocenters. The van der Waals surface area contributed by atoms with Crippen molar-refractivity contribution in [1.82, 2.24) is 0 Å². The van der Waals surface area contributed by atoms with Crippen molar-refractivity contribution in [3.05, 3.63) is 48.0 Å². The van der Waals surface area contributed by atoms with Crippen LogP contribution in [0.15, 0.2) is 36.4 Å². The van der Waals surface area contributed by atoms with E-state index >= 15 is 0 Å². The molecule has 1 N–H and O–H groups in total. The lowest BCUT2D eigenvalue weighted by Gasteiger charge is -2.15. The van der Waals surface area contributed by atoms with Crippen molar-refractivity contribution < 1.29 is 32.5 Å². The lowest BCUT2D eigenvalue weighted by Crippen LogP contribution is -2.18. The van der Waals surface area contributed by atoms with Crippen LogP contribution in [-0.4, -0.2) is 25.2 Å². The highest BCUT2D eigenvalue weighted by atomic mass is 19.4. The number of alkyl halides is 3. The van der Waals surface area contributed by atoms with E-state index < -0.39 is 12.1 Å². The molecule has 0 aromatic heterocycles. The molecule has 123 valence electrons. The molecule has 1 radical (unpaired) electrons. The van der Waals surface area contributed by atoms with Gasteiger partial charge in [-0.15, -0.1) is 13.2 Å². The Morgan fingerprint density at radius 1 is 1.22 bits per heavy atom. The first-order valence-corrected chi connectivity index (χ1v) is 6.63. The summed E-state index contributed by atoms with van der Waals surface area (Å²) in [7, 11) is 1.27. The van der Waals surface area contributed by atoms with Crippen LogP contribution in [0.2, 0.25) is 0 Å². The molecule has 0 fully saturated rings. The number of hydrogen-bond acceptors (Lipinski definition) is 4. The first-order chi connectivity index (χ1) is 10.9. The maximum atomic E-state index is 12.4.